The van der Waals surface area contributed by atoms with Gasteiger partial charge < -0.3 is 14.2 Å². The number of benzene rings is 3. The fourth-order valence-electron chi connectivity index (χ4n) is 3.55. The Kier molecular flexibility index (Phi) is 1.81. The lowest BCUT2D eigenvalue weighted by molar-refractivity contribution is 0.418. The van der Waals surface area contributed by atoms with Gasteiger partial charge >= 0.3 is 0 Å². The van der Waals surface area contributed by atoms with Crippen molar-refractivity contribution in [2.75, 3.05) is 4.90 Å². The van der Waals surface area contributed by atoms with Crippen molar-refractivity contribution in [1.82, 2.24) is 0 Å². The van der Waals surface area contributed by atoms with Gasteiger partial charge in [0, 0.05) is 0 Å². The highest BCUT2D eigenvalue weighted by atomic mass is 16.5. The number of rotatable bonds is 0. The average molecular weight is 299 g/mol. The van der Waals surface area contributed by atoms with Crippen LogP contribution in [0.2, 0.25) is 0 Å². The zero-order valence-corrected chi connectivity index (χ0v) is 12.3. The van der Waals surface area contributed by atoms with E-state index in [-0.39, 0.29) is 0 Å². The smallest absolute Gasteiger partial charge is 0.155 e. The summed E-state index contributed by atoms with van der Waals surface area (Å²) in [6, 6.07) is 15.8. The first-order chi connectivity index (χ1) is 11.3. The second kappa shape index (κ2) is 3.63. The van der Waals surface area contributed by atoms with Crippen molar-refractivity contribution in [2.24, 2.45) is 0 Å². The topological polar surface area (TPSA) is 30.9 Å². The first-order valence-electron chi connectivity index (χ1n) is 7.54. The van der Waals surface area contributed by atoms with Crippen LogP contribution in [-0.2, 0) is 0 Å². The van der Waals surface area contributed by atoms with Crippen molar-refractivity contribution in [3.05, 3.63) is 48.5 Å². The molecular formula is C18H10BNO3. The van der Waals surface area contributed by atoms with Crippen molar-refractivity contribution in [1.29, 1.82) is 0 Å². The molecule has 3 aromatic rings. The second-order valence-corrected chi connectivity index (χ2v) is 5.96. The average Bonchev–Trinajstić information content (AvgIpc) is 2.54. The fourth-order valence-corrected chi connectivity index (χ4v) is 3.55. The van der Waals surface area contributed by atoms with Crippen LogP contribution in [0.25, 0.3) is 0 Å². The third kappa shape index (κ3) is 1.29. The molecule has 0 bridgehead atoms. The van der Waals surface area contributed by atoms with E-state index in [0.29, 0.717) is 0 Å². The first-order valence-corrected chi connectivity index (χ1v) is 7.54. The minimum Gasteiger partial charge on any atom is -0.453 e. The minimum absolute atomic E-state index is 0.797. The summed E-state index contributed by atoms with van der Waals surface area (Å²) in [6.45, 7) is 0. The Labute approximate surface area is 133 Å². The maximum absolute atomic E-state index is 6.13. The minimum atomic E-state index is 0.797. The quantitative estimate of drug-likeness (QED) is 0.400. The molecule has 0 N–H and O–H groups in total. The van der Waals surface area contributed by atoms with Gasteiger partial charge in [0.05, 0.1) is 0 Å². The summed E-state index contributed by atoms with van der Waals surface area (Å²) < 4.78 is 18.3. The van der Waals surface area contributed by atoms with Crippen molar-refractivity contribution in [3.8, 4) is 34.5 Å². The SMILES string of the molecule is Bc1cc2c3c(c1)Oc1cccc4c1N3c1c(cccc1O2)O4. The maximum Gasteiger partial charge on any atom is 0.155 e. The van der Waals surface area contributed by atoms with E-state index in [2.05, 4.69) is 4.90 Å². The number of ether oxygens (including phenoxy) is 3. The number of hydrogen-bond donors (Lipinski definition) is 0. The molecule has 0 aliphatic carbocycles. The van der Waals surface area contributed by atoms with Crippen LogP contribution in [0.15, 0.2) is 48.5 Å². The second-order valence-electron chi connectivity index (χ2n) is 5.96. The molecule has 3 aliphatic heterocycles. The molecule has 0 fully saturated rings. The molecule has 3 aliphatic rings. The van der Waals surface area contributed by atoms with E-state index in [4.69, 9.17) is 14.2 Å². The Bertz CT molecular complexity index is 954. The molecule has 108 valence electrons. The molecule has 0 spiro atoms. The van der Waals surface area contributed by atoms with Gasteiger partial charge in [0.2, 0.25) is 0 Å². The molecule has 0 aromatic heterocycles. The van der Waals surface area contributed by atoms with E-state index in [1.807, 2.05) is 56.4 Å². The van der Waals surface area contributed by atoms with E-state index >= 15 is 0 Å². The van der Waals surface area contributed by atoms with Gasteiger partial charge in [0.15, 0.2) is 34.5 Å². The number of nitrogens with zero attached hydrogens (tertiary/aromatic N) is 1. The summed E-state index contributed by atoms with van der Waals surface area (Å²) in [6.07, 6.45) is 0. The van der Waals surface area contributed by atoms with Crippen LogP contribution in [0.4, 0.5) is 17.1 Å². The Morgan fingerprint density at radius 1 is 0.609 bits per heavy atom. The highest BCUT2D eigenvalue weighted by molar-refractivity contribution is 6.33. The van der Waals surface area contributed by atoms with E-state index in [9.17, 15) is 0 Å². The van der Waals surface area contributed by atoms with Gasteiger partial charge in [-0.05, 0) is 36.4 Å². The Hall–Kier alpha value is -3.08. The summed E-state index contributed by atoms with van der Waals surface area (Å²) in [5.41, 5.74) is 3.92. The van der Waals surface area contributed by atoms with Crippen LogP contribution in [0.1, 0.15) is 0 Å². The molecule has 23 heavy (non-hydrogen) atoms. The lowest BCUT2D eigenvalue weighted by atomic mass is 9.93. The summed E-state index contributed by atoms with van der Waals surface area (Å²) in [4.78, 5) is 2.20. The van der Waals surface area contributed by atoms with Crippen molar-refractivity contribution in [3.63, 3.8) is 0 Å². The molecular weight excluding hydrogens is 289 g/mol. The monoisotopic (exact) mass is 299 g/mol. The maximum atomic E-state index is 6.13. The summed E-state index contributed by atoms with van der Waals surface area (Å²) in [5, 5.41) is 0. The third-order valence-corrected chi connectivity index (χ3v) is 4.44. The van der Waals surface area contributed by atoms with Crippen molar-refractivity contribution < 1.29 is 14.2 Å². The van der Waals surface area contributed by atoms with Crippen molar-refractivity contribution in [2.45, 2.75) is 0 Å². The number of hydrogen-bond acceptors (Lipinski definition) is 4. The fraction of sp³-hybridized carbons (Fsp3) is 0. The van der Waals surface area contributed by atoms with Crippen LogP contribution in [0.3, 0.4) is 0 Å². The Morgan fingerprint density at radius 2 is 1.00 bits per heavy atom. The van der Waals surface area contributed by atoms with Crippen LogP contribution >= 0.6 is 0 Å². The van der Waals surface area contributed by atoms with Gasteiger partial charge in [-0.3, -0.25) is 4.90 Å². The van der Waals surface area contributed by atoms with E-state index < -0.39 is 0 Å². The standard InChI is InChI=1S/C18H10BNO3/c19-9-7-14-18-15(8-9)23-13-6-2-4-11-17(13)20(18)16-10(21-11)3-1-5-12(16)22-14/h1-8H,19H2. The molecule has 0 unspecified atom stereocenters. The predicted octanol–water partition coefficient (Wildman–Crippen LogP) is 3.73. The molecule has 4 nitrogen and oxygen atoms in total. The van der Waals surface area contributed by atoms with Crippen LogP contribution in [-0.4, -0.2) is 7.85 Å². The van der Waals surface area contributed by atoms with E-state index in [1.54, 1.807) is 0 Å². The molecule has 6 rings (SSSR count). The molecule has 0 saturated carbocycles. The Morgan fingerprint density at radius 3 is 1.48 bits per heavy atom. The van der Waals surface area contributed by atoms with Gasteiger partial charge in [0.1, 0.15) is 24.9 Å². The van der Waals surface area contributed by atoms with Gasteiger partial charge in [-0.2, -0.15) is 0 Å². The van der Waals surface area contributed by atoms with Gasteiger partial charge in [-0.1, -0.05) is 17.6 Å². The summed E-state index contributed by atoms with van der Waals surface area (Å²) in [5.74, 6) is 4.82. The van der Waals surface area contributed by atoms with Crippen molar-refractivity contribution >= 4 is 30.4 Å². The molecule has 0 amide bonds. The van der Waals surface area contributed by atoms with E-state index in [0.717, 1.165) is 57.0 Å². The largest absolute Gasteiger partial charge is 0.453 e. The highest BCUT2D eigenvalue weighted by Gasteiger charge is 2.41. The zero-order valence-electron chi connectivity index (χ0n) is 12.3. The molecule has 0 atom stereocenters. The zero-order chi connectivity index (χ0) is 15.1. The van der Waals surface area contributed by atoms with E-state index in [1.165, 1.54) is 0 Å². The highest BCUT2D eigenvalue weighted by Crippen LogP contribution is 2.65. The molecule has 0 saturated heterocycles. The molecule has 5 heteroatoms. The molecule has 0 radical (unpaired) electrons. The predicted molar refractivity (Wildman–Crippen MR) is 89.5 cm³/mol. The Balaban J connectivity index is 1.79. The van der Waals surface area contributed by atoms with Gasteiger partial charge in [-0.15, -0.1) is 0 Å². The molecule has 3 heterocycles. The van der Waals surface area contributed by atoms with Gasteiger partial charge in [0.25, 0.3) is 0 Å². The third-order valence-electron chi connectivity index (χ3n) is 4.44. The first kappa shape index (κ1) is 11.5. The number of anilines is 3. The molecule has 3 aromatic carbocycles. The number of para-hydroxylation sites is 2. The van der Waals surface area contributed by atoms with Crippen LogP contribution in [0.5, 0.6) is 34.5 Å². The van der Waals surface area contributed by atoms with Gasteiger partial charge in [-0.25, -0.2) is 0 Å². The normalized spacial score (nSPS) is 14.3. The lowest BCUT2D eigenvalue weighted by Crippen LogP contribution is -2.25. The lowest BCUT2D eigenvalue weighted by Gasteiger charge is -2.41. The van der Waals surface area contributed by atoms with Crippen LogP contribution in [0, 0.1) is 0 Å². The summed E-state index contributed by atoms with van der Waals surface area (Å²) >= 11 is 0. The summed E-state index contributed by atoms with van der Waals surface area (Å²) in [7, 11) is 2.04. The van der Waals surface area contributed by atoms with Crippen LogP contribution < -0.4 is 24.6 Å².